The fraction of sp³-hybridized carbons (Fsp3) is 0.636. The van der Waals surface area contributed by atoms with Crippen LogP contribution < -0.4 is 5.32 Å². The first-order valence-corrected chi connectivity index (χ1v) is 7.12. The summed E-state index contributed by atoms with van der Waals surface area (Å²) in [6, 6.07) is 1.91. The van der Waals surface area contributed by atoms with Crippen LogP contribution in [0.4, 0.5) is 0 Å². The lowest BCUT2D eigenvalue weighted by Gasteiger charge is -2.32. The van der Waals surface area contributed by atoms with E-state index in [0.29, 0.717) is 43.8 Å². The average Bonchev–Trinajstić information content (AvgIpc) is 2.59. The third kappa shape index (κ3) is 3.79. The molecule has 4 nitrogen and oxygen atoms in total. The number of nitrogens with one attached hydrogen (secondary N) is 1. The molecule has 0 unspecified atom stereocenters. The van der Waals surface area contributed by atoms with Crippen molar-refractivity contribution in [2.24, 2.45) is 0 Å². The van der Waals surface area contributed by atoms with Crippen LogP contribution in [0.1, 0.15) is 18.6 Å². The lowest BCUT2D eigenvalue weighted by atomic mass is 9.94. The second-order valence-corrected chi connectivity index (χ2v) is 5.85. The summed E-state index contributed by atoms with van der Waals surface area (Å²) in [5.41, 5.74) is -0.640. The molecule has 0 amide bonds. The van der Waals surface area contributed by atoms with E-state index in [2.05, 4.69) is 37.2 Å². The van der Waals surface area contributed by atoms with Gasteiger partial charge in [-0.3, -0.25) is 0 Å². The second-order valence-electron chi connectivity index (χ2n) is 4.27. The van der Waals surface area contributed by atoms with E-state index in [9.17, 15) is 5.11 Å². The van der Waals surface area contributed by atoms with E-state index in [1.807, 2.05) is 6.07 Å². The Bertz CT molecular complexity index is 355. The van der Waals surface area contributed by atoms with Gasteiger partial charge in [0.1, 0.15) is 5.76 Å². The highest BCUT2D eigenvalue weighted by Crippen LogP contribution is 2.26. The summed E-state index contributed by atoms with van der Waals surface area (Å²) in [6.45, 7) is 2.44. The standard InChI is InChI=1S/C11H15Br2NO3/c12-9-5-8(17-10(9)13)6-14-7-11(15)1-3-16-4-2-11/h5,14-15H,1-4,6-7H2. The van der Waals surface area contributed by atoms with E-state index in [0.717, 1.165) is 10.2 Å². The van der Waals surface area contributed by atoms with Crippen LogP contribution in [0.25, 0.3) is 0 Å². The molecule has 2 N–H and O–H groups in total. The van der Waals surface area contributed by atoms with Crippen LogP contribution in [0.5, 0.6) is 0 Å². The molecule has 96 valence electrons. The van der Waals surface area contributed by atoms with E-state index < -0.39 is 5.60 Å². The van der Waals surface area contributed by atoms with Crippen molar-refractivity contribution in [2.75, 3.05) is 19.8 Å². The molecule has 0 spiro atoms. The Balaban J connectivity index is 1.78. The molecule has 0 bridgehead atoms. The minimum absolute atomic E-state index is 0.562. The van der Waals surface area contributed by atoms with Crippen LogP contribution in [0.3, 0.4) is 0 Å². The van der Waals surface area contributed by atoms with Crippen molar-refractivity contribution in [1.82, 2.24) is 5.32 Å². The topological polar surface area (TPSA) is 54.6 Å². The number of ether oxygens (including phenoxy) is 1. The van der Waals surface area contributed by atoms with Gasteiger partial charge < -0.3 is 19.6 Å². The van der Waals surface area contributed by atoms with Crippen LogP contribution in [-0.2, 0) is 11.3 Å². The molecule has 0 atom stereocenters. The molecular weight excluding hydrogens is 354 g/mol. The van der Waals surface area contributed by atoms with Gasteiger partial charge >= 0.3 is 0 Å². The monoisotopic (exact) mass is 367 g/mol. The van der Waals surface area contributed by atoms with Crippen molar-refractivity contribution < 1.29 is 14.3 Å². The van der Waals surface area contributed by atoms with Crippen molar-refractivity contribution in [3.8, 4) is 0 Å². The van der Waals surface area contributed by atoms with Gasteiger partial charge in [-0.15, -0.1) is 0 Å². The minimum Gasteiger partial charge on any atom is -0.452 e. The van der Waals surface area contributed by atoms with Gasteiger partial charge in [0.05, 0.1) is 16.6 Å². The van der Waals surface area contributed by atoms with Crippen molar-refractivity contribution in [3.05, 3.63) is 21.0 Å². The third-order valence-corrected chi connectivity index (χ3v) is 4.58. The van der Waals surface area contributed by atoms with E-state index in [1.165, 1.54) is 0 Å². The first-order valence-electron chi connectivity index (χ1n) is 5.54. The number of hydrogen-bond acceptors (Lipinski definition) is 4. The predicted molar refractivity (Wildman–Crippen MR) is 70.8 cm³/mol. The Morgan fingerprint density at radius 2 is 2.06 bits per heavy atom. The molecule has 1 fully saturated rings. The van der Waals surface area contributed by atoms with Crippen LogP contribution >= 0.6 is 31.9 Å². The third-order valence-electron chi connectivity index (χ3n) is 2.87. The maximum absolute atomic E-state index is 10.2. The van der Waals surface area contributed by atoms with Crippen LogP contribution in [-0.4, -0.2) is 30.5 Å². The molecule has 0 aromatic carbocycles. The van der Waals surface area contributed by atoms with Gasteiger partial charge in [0.15, 0.2) is 4.67 Å². The van der Waals surface area contributed by atoms with Gasteiger partial charge in [-0.1, -0.05) is 0 Å². The number of halogens is 2. The summed E-state index contributed by atoms with van der Waals surface area (Å²) in [6.07, 6.45) is 1.37. The first-order chi connectivity index (χ1) is 8.09. The number of hydrogen-bond donors (Lipinski definition) is 2. The highest BCUT2D eigenvalue weighted by atomic mass is 79.9. The SMILES string of the molecule is OC1(CNCc2cc(Br)c(Br)o2)CCOCC1. The van der Waals surface area contributed by atoms with Gasteiger partial charge in [-0.2, -0.15) is 0 Å². The molecule has 1 aliphatic heterocycles. The Hall–Kier alpha value is 0.120. The Morgan fingerprint density at radius 1 is 1.35 bits per heavy atom. The van der Waals surface area contributed by atoms with Crippen LogP contribution in [0.15, 0.2) is 19.6 Å². The lowest BCUT2D eigenvalue weighted by Crippen LogP contribution is -2.44. The van der Waals surface area contributed by atoms with Crippen molar-refractivity contribution in [1.29, 1.82) is 0 Å². The van der Waals surface area contributed by atoms with Gasteiger partial charge in [-0.25, -0.2) is 0 Å². The number of rotatable bonds is 4. The van der Waals surface area contributed by atoms with E-state index in [4.69, 9.17) is 9.15 Å². The van der Waals surface area contributed by atoms with Gasteiger partial charge in [0.2, 0.25) is 0 Å². The van der Waals surface area contributed by atoms with E-state index in [-0.39, 0.29) is 0 Å². The quantitative estimate of drug-likeness (QED) is 0.856. The molecule has 0 radical (unpaired) electrons. The summed E-state index contributed by atoms with van der Waals surface area (Å²) in [7, 11) is 0. The zero-order chi connectivity index (χ0) is 12.3. The van der Waals surface area contributed by atoms with Crippen molar-refractivity contribution >= 4 is 31.9 Å². The molecular formula is C11H15Br2NO3. The van der Waals surface area contributed by atoms with E-state index in [1.54, 1.807) is 0 Å². The zero-order valence-electron chi connectivity index (χ0n) is 9.34. The minimum atomic E-state index is -0.640. The summed E-state index contributed by atoms with van der Waals surface area (Å²) in [5.74, 6) is 0.833. The smallest absolute Gasteiger partial charge is 0.183 e. The van der Waals surface area contributed by atoms with Crippen LogP contribution in [0, 0.1) is 0 Å². The number of furan rings is 1. The summed E-state index contributed by atoms with van der Waals surface area (Å²) in [5, 5.41) is 13.4. The molecule has 1 aromatic heterocycles. The first kappa shape index (κ1) is 13.5. The molecule has 1 aliphatic rings. The number of aliphatic hydroxyl groups is 1. The fourth-order valence-electron chi connectivity index (χ4n) is 1.83. The van der Waals surface area contributed by atoms with Crippen LogP contribution in [0.2, 0.25) is 0 Å². The Kier molecular flexibility index (Phi) is 4.65. The molecule has 2 rings (SSSR count). The fourth-order valence-corrected chi connectivity index (χ4v) is 2.48. The summed E-state index contributed by atoms with van der Waals surface area (Å²) >= 11 is 6.65. The maximum Gasteiger partial charge on any atom is 0.183 e. The molecule has 6 heteroatoms. The van der Waals surface area contributed by atoms with Crippen molar-refractivity contribution in [2.45, 2.75) is 25.0 Å². The largest absolute Gasteiger partial charge is 0.452 e. The maximum atomic E-state index is 10.2. The Morgan fingerprint density at radius 3 is 2.65 bits per heavy atom. The molecule has 0 saturated carbocycles. The highest BCUT2D eigenvalue weighted by Gasteiger charge is 2.29. The Labute approximate surface area is 117 Å². The lowest BCUT2D eigenvalue weighted by molar-refractivity contribution is -0.0618. The van der Waals surface area contributed by atoms with Gasteiger partial charge in [-0.05, 0) is 37.9 Å². The predicted octanol–water partition coefficient (Wildman–Crippen LogP) is 2.44. The van der Waals surface area contributed by atoms with Gasteiger partial charge in [0, 0.05) is 32.6 Å². The second kappa shape index (κ2) is 5.84. The molecule has 0 aliphatic carbocycles. The van der Waals surface area contributed by atoms with Gasteiger partial charge in [0.25, 0.3) is 0 Å². The molecule has 2 heterocycles. The normalized spacial score (nSPS) is 19.5. The molecule has 17 heavy (non-hydrogen) atoms. The summed E-state index contributed by atoms with van der Waals surface area (Å²) in [4.78, 5) is 0. The molecule has 1 aromatic rings. The summed E-state index contributed by atoms with van der Waals surface area (Å²) < 4.78 is 12.3. The van der Waals surface area contributed by atoms with Crippen molar-refractivity contribution in [3.63, 3.8) is 0 Å². The molecule has 1 saturated heterocycles. The highest BCUT2D eigenvalue weighted by molar-refractivity contribution is 9.13. The van der Waals surface area contributed by atoms with E-state index >= 15 is 0 Å². The average molecular weight is 369 g/mol. The zero-order valence-corrected chi connectivity index (χ0v) is 12.5.